The fraction of sp³-hybridized carbons (Fsp3) is 0.721. The molecule has 0 saturated carbocycles. The van der Waals surface area contributed by atoms with Gasteiger partial charge in [-0.1, -0.05) is 99.6 Å². The maximum Gasteiger partial charge on any atom is 0.408 e. The van der Waals surface area contributed by atoms with Crippen molar-refractivity contribution in [3.63, 3.8) is 0 Å². The predicted octanol–water partition coefficient (Wildman–Crippen LogP) is 6.49. The average Bonchev–Trinajstić information content (AvgIpc) is 3.02. The Balaban J connectivity index is 3.54. The predicted molar refractivity (Wildman–Crippen MR) is 219 cm³/mol. The van der Waals surface area contributed by atoms with E-state index in [1.807, 2.05) is 99.6 Å². The van der Waals surface area contributed by atoms with E-state index < -0.39 is 63.4 Å². The first kappa shape index (κ1) is 49.9. The van der Waals surface area contributed by atoms with E-state index in [4.69, 9.17) is 4.74 Å². The molecule has 0 bridgehead atoms. The van der Waals surface area contributed by atoms with Crippen molar-refractivity contribution >= 4 is 35.7 Å². The first-order chi connectivity index (χ1) is 25.5. The van der Waals surface area contributed by atoms with Gasteiger partial charge in [0.05, 0.1) is 0 Å². The number of carbonyl (C=O) groups is 6. The van der Waals surface area contributed by atoms with Crippen molar-refractivity contribution in [2.24, 2.45) is 29.6 Å². The smallest absolute Gasteiger partial charge is 0.408 e. The lowest BCUT2D eigenvalue weighted by atomic mass is 9.82. The topological polar surface area (TPSA) is 192 Å². The van der Waals surface area contributed by atoms with Crippen molar-refractivity contribution < 1.29 is 38.6 Å². The van der Waals surface area contributed by atoms with Gasteiger partial charge in [-0.25, -0.2) is 9.59 Å². The van der Waals surface area contributed by atoms with E-state index in [9.17, 15) is 33.9 Å². The highest BCUT2D eigenvalue weighted by molar-refractivity contribution is 6.01. The van der Waals surface area contributed by atoms with Crippen LogP contribution >= 0.6 is 0 Å². The van der Waals surface area contributed by atoms with E-state index in [0.717, 1.165) is 5.56 Å². The molecule has 56 heavy (non-hydrogen) atoms. The van der Waals surface area contributed by atoms with E-state index in [1.165, 1.54) is 6.92 Å². The molecule has 0 spiro atoms. The minimum atomic E-state index is -1.59. The van der Waals surface area contributed by atoms with Gasteiger partial charge in [0.25, 0.3) is 0 Å². The standard InChI is InChI=1S/C43H73N5O8/c1-27(2)21-39(11,33(49)45-41(13,23-29(5)6)35(51)47-43(15,37(53)54)25-31(9)10)44-34(50)40(12,22-28(3)4)46-36(52)42(14,24-30(7)8)48-38(55)56-26-32-19-17-16-18-20-32/h16-20,27-31H,21-26H2,1-15H3,(H,44,50)(H,45,49)(H,46,52)(H,47,51)(H,48,55)(H,53,54)/t39-,40-,41-,42-,43-/m0/s1. The van der Waals surface area contributed by atoms with Crippen molar-refractivity contribution in [2.75, 3.05) is 0 Å². The van der Waals surface area contributed by atoms with E-state index in [0.29, 0.717) is 0 Å². The average molecular weight is 788 g/mol. The molecule has 6 N–H and O–H groups in total. The summed E-state index contributed by atoms with van der Waals surface area (Å²) in [5.74, 6) is -4.02. The normalized spacial score (nSPS) is 17.1. The lowest BCUT2D eigenvalue weighted by molar-refractivity contribution is -0.149. The molecule has 0 aromatic heterocycles. The number of alkyl carbamates (subject to hydrolysis) is 1. The Morgan fingerprint density at radius 3 is 1.04 bits per heavy atom. The van der Waals surface area contributed by atoms with Crippen LogP contribution in [-0.4, -0.2) is 68.5 Å². The summed E-state index contributed by atoms with van der Waals surface area (Å²) in [7, 11) is 0. The Labute approximate surface area is 336 Å². The number of nitrogens with one attached hydrogen (secondary N) is 5. The maximum absolute atomic E-state index is 14.5. The third kappa shape index (κ3) is 15.1. The summed E-state index contributed by atoms with van der Waals surface area (Å²) in [5, 5.41) is 24.3. The highest BCUT2D eigenvalue weighted by Gasteiger charge is 2.49. The van der Waals surface area contributed by atoms with Crippen LogP contribution in [-0.2, 0) is 35.3 Å². The van der Waals surface area contributed by atoms with Crippen LogP contribution in [0.5, 0.6) is 0 Å². The van der Waals surface area contributed by atoms with Gasteiger partial charge in [-0.15, -0.1) is 0 Å². The number of carboxylic acid groups (broad SMARTS) is 1. The molecule has 0 radical (unpaired) electrons. The molecular formula is C43H73N5O8. The monoisotopic (exact) mass is 788 g/mol. The first-order valence-electron chi connectivity index (χ1n) is 20.0. The van der Waals surface area contributed by atoms with E-state index in [1.54, 1.807) is 27.7 Å². The Morgan fingerprint density at radius 1 is 0.482 bits per heavy atom. The number of hydrogen-bond acceptors (Lipinski definition) is 7. The molecule has 1 rings (SSSR count). The zero-order chi connectivity index (χ0) is 43.4. The summed E-state index contributed by atoms with van der Waals surface area (Å²) < 4.78 is 5.45. The van der Waals surface area contributed by atoms with Gasteiger partial charge in [-0.3, -0.25) is 19.2 Å². The summed E-state index contributed by atoms with van der Waals surface area (Å²) in [6.45, 7) is 26.7. The molecule has 5 amide bonds. The summed E-state index contributed by atoms with van der Waals surface area (Å²) in [5.41, 5.74) is -6.93. The molecule has 0 heterocycles. The second-order valence-electron chi connectivity index (χ2n) is 19.0. The molecule has 1 aromatic carbocycles. The van der Waals surface area contributed by atoms with Crippen LogP contribution in [0.2, 0.25) is 0 Å². The first-order valence-corrected chi connectivity index (χ1v) is 20.0. The van der Waals surface area contributed by atoms with Gasteiger partial charge in [0.2, 0.25) is 23.6 Å². The van der Waals surface area contributed by atoms with E-state index in [2.05, 4.69) is 26.6 Å². The summed E-state index contributed by atoms with van der Waals surface area (Å²) in [6, 6.07) is 9.15. The van der Waals surface area contributed by atoms with Gasteiger partial charge in [-0.05, 0) is 102 Å². The number of carboxylic acids is 1. The Bertz CT molecular complexity index is 1510. The van der Waals surface area contributed by atoms with Crippen LogP contribution < -0.4 is 26.6 Å². The molecule has 1 aromatic rings. The third-order valence-electron chi connectivity index (χ3n) is 9.71. The van der Waals surface area contributed by atoms with Gasteiger partial charge >= 0.3 is 12.1 Å². The van der Waals surface area contributed by atoms with Gasteiger partial charge < -0.3 is 36.4 Å². The third-order valence-corrected chi connectivity index (χ3v) is 9.71. The number of aliphatic carboxylic acids is 1. The van der Waals surface area contributed by atoms with Gasteiger partial charge in [-0.2, -0.15) is 0 Å². The number of amides is 5. The molecule has 318 valence electrons. The Kier molecular flexibility index (Phi) is 18.1. The Morgan fingerprint density at radius 2 is 0.750 bits per heavy atom. The minimum Gasteiger partial charge on any atom is -0.480 e. The van der Waals surface area contributed by atoms with Crippen molar-refractivity contribution in [1.29, 1.82) is 0 Å². The van der Waals surface area contributed by atoms with Crippen LogP contribution in [0.1, 0.15) is 142 Å². The Hall–Kier alpha value is -4.16. The van der Waals surface area contributed by atoms with Gasteiger partial charge in [0.15, 0.2) is 0 Å². The van der Waals surface area contributed by atoms with E-state index >= 15 is 0 Å². The van der Waals surface area contributed by atoms with Gasteiger partial charge in [0, 0.05) is 0 Å². The highest BCUT2D eigenvalue weighted by Crippen LogP contribution is 2.28. The van der Waals surface area contributed by atoms with Crippen molar-refractivity contribution in [1.82, 2.24) is 26.6 Å². The second-order valence-corrected chi connectivity index (χ2v) is 19.0. The zero-order valence-corrected chi connectivity index (χ0v) is 36.8. The number of rotatable bonds is 22. The lowest BCUT2D eigenvalue weighted by Crippen LogP contribution is -2.71. The summed E-state index contributed by atoms with van der Waals surface area (Å²) >= 11 is 0. The zero-order valence-electron chi connectivity index (χ0n) is 36.8. The molecular weight excluding hydrogens is 715 g/mol. The molecule has 13 heteroatoms. The quantitative estimate of drug-likeness (QED) is 0.0769. The summed E-state index contributed by atoms with van der Waals surface area (Å²) in [6.07, 6.45) is 0.170. The number of benzene rings is 1. The van der Waals surface area contributed by atoms with Crippen molar-refractivity contribution in [2.45, 2.75) is 170 Å². The van der Waals surface area contributed by atoms with E-state index in [-0.39, 0.29) is 68.3 Å². The fourth-order valence-electron chi connectivity index (χ4n) is 7.61. The molecule has 0 aliphatic carbocycles. The minimum absolute atomic E-state index is 0.00468. The molecule has 0 saturated heterocycles. The largest absolute Gasteiger partial charge is 0.480 e. The van der Waals surface area contributed by atoms with Crippen LogP contribution in [0.15, 0.2) is 30.3 Å². The lowest BCUT2D eigenvalue weighted by Gasteiger charge is -2.42. The molecule has 5 atom stereocenters. The van der Waals surface area contributed by atoms with Crippen molar-refractivity contribution in [3.05, 3.63) is 35.9 Å². The maximum atomic E-state index is 14.5. The second kappa shape index (κ2) is 20.3. The van der Waals surface area contributed by atoms with Crippen molar-refractivity contribution in [3.8, 4) is 0 Å². The summed E-state index contributed by atoms with van der Waals surface area (Å²) in [4.78, 5) is 82.7. The number of ether oxygens (including phenoxy) is 1. The molecule has 0 aliphatic heterocycles. The van der Waals surface area contributed by atoms with Crippen LogP contribution in [0.3, 0.4) is 0 Å². The molecule has 0 aliphatic rings. The molecule has 0 unspecified atom stereocenters. The van der Waals surface area contributed by atoms with Crippen LogP contribution in [0.4, 0.5) is 4.79 Å². The molecule has 0 fully saturated rings. The molecule has 13 nitrogen and oxygen atoms in total. The van der Waals surface area contributed by atoms with Crippen LogP contribution in [0, 0.1) is 29.6 Å². The van der Waals surface area contributed by atoms with Gasteiger partial charge in [0.1, 0.15) is 34.3 Å². The SMILES string of the molecule is CC(C)C[C@](C)(NC(=O)[C@](C)(CC(C)C)NC(=O)[C@](C)(CC(C)C)NC(=O)[C@](C)(CC(C)C)NC(=O)[C@](C)(CC(C)C)NC(=O)OCc1ccccc1)C(=O)O. The highest BCUT2D eigenvalue weighted by atomic mass is 16.5. The van der Waals surface area contributed by atoms with Crippen LogP contribution in [0.25, 0.3) is 0 Å². The number of carbonyl (C=O) groups excluding carboxylic acids is 5. The fourth-order valence-corrected chi connectivity index (χ4v) is 7.61. The number of hydrogen-bond donors (Lipinski definition) is 6.